The second-order valence-corrected chi connectivity index (χ2v) is 21.5. The highest BCUT2D eigenvalue weighted by atomic mass is 16.8. The standard InChI is InChI=1S/C45H72O18/c1-19-29(47)30(48)33(51)38(57-19)61-36-20(2)58-39(34(52)31(36)49)62-37-27(17-46)60-40(35(53)32(37)50)59-23-9-11-42(5)22(15-23)7-8-24-25(42)10-12-43(6)26(24)16-28-45(43,55)21(3)44(63-28)14-13-41(4,54)18-56-44/h7,19-21,23-40,46-55H,8-18H2,1-6H3. The Morgan fingerprint density at radius 1 is 0.683 bits per heavy atom. The Morgan fingerprint density at radius 3 is 1.98 bits per heavy atom. The maximum Gasteiger partial charge on any atom is 0.187 e. The van der Waals surface area contributed by atoms with Crippen molar-refractivity contribution in [2.75, 3.05) is 13.2 Å². The number of hydrogen-bond donors (Lipinski definition) is 10. The average molecular weight is 901 g/mol. The van der Waals surface area contributed by atoms with Crippen LogP contribution in [0.25, 0.3) is 0 Å². The van der Waals surface area contributed by atoms with Crippen LogP contribution >= 0.6 is 0 Å². The van der Waals surface area contributed by atoms with E-state index >= 15 is 0 Å². The molecule has 0 radical (unpaired) electrons. The fourth-order valence-electron chi connectivity index (χ4n) is 13.9. The monoisotopic (exact) mass is 900 g/mol. The summed E-state index contributed by atoms with van der Waals surface area (Å²) < 4.78 is 48.5. The van der Waals surface area contributed by atoms with Crippen LogP contribution in [0.1, 0.15) is 99.3 Å². The van der Waals surface area contributed by atoms with Gasteiger partial charge in [0.25, 0.3) is 0 Å². The van der Waals surface area contributed by atoms with Crippen LogP contribution in [0.3, 0.4) is 0 Å². The second kappa shape index (κ2) is 16.6. The van der Waals surface area contributed by atoms with E-state index in [-0.39, 0.29) is 41.5 Å². The molecule has 1 spiro atoms. The smallest absolute Gasteiger partial charge is 0.187 e. The summed E-state index contributed by atoms with van der Waals surface area (Å²) in [7, 11) is 0. The molecule has 9 aliphatic rings. The van der Waals surface area contributed by atoms with Crippen LogP contribution in [0.5, 0.6) is 0 Å². The van der Waals surface area contributed by atoms with Crippen LogP contribution in [0.2, 0.25) is 0 Å². The molecule has 5 saturated heterocycles. The van der Waals surface area contributed by atoms with Gasteiger partial charge in [0, 0.05) is 17.8 Å². The number of ether oxygens (including phenoxy) is 8. The summed E-state index contributed by atoms with van der Waals surface area (Å²) in [6.45, 7) is 11.0. The van der Waals surface area contributed by atoms with Gasteiger partial charge in [-0.2, -0.15) is 0 Å². The first-order chi connectivity index (χ1) is 29.6. The first-order valence-corrected chi connectivity index (χ1v) is 23.3. The molecule has 0 aromatic carbocycles. The molecule has 63 heavy (non-hydrogen) atoms. The van der Waals surface area contributed by atoms with E-state index < -0.39 is 116 Å². The molecule has 3 saturated carbocycles. The van der Waals surface area contributed by atoms with E-state index in [1.807, 2.05) is 0 Å². The molecule has 0 bridgehead atoms. The fourth-order valence-corrected chi connectivity index (χ4v) is 13.9. The zero-order valence-corrected chi connectivity index (χ0v) is 37.2. The van der Waals surface area contributed by atoms with Crippen molar-refractivity contribution in [2.24, 2.45) is 34.5 Å². The summed E-state index contributed by atoms with van der Waals surface area (Å²) >= 11 is 0. The van der Waals surface area contributed by atoms with Gasteiger partial charge in [0.2, 0.25) is 0 Å². The average Bonchev–Trinajstić information content (AvgIpc) is 3.61. The van der Waals surface area contributed by atoms with Crippen molar-refractivity contribution >= 4 is 0 Å². The van der Waals surface area contributed by atoms with Crippen LogP contribution in [0, 0.1) is 34.5 Å². The Hall–Kier alpha value is -0.980. The molecule has 18 heteroatoms. The Balaban J connectivity index is 0.817. The summed E-state index contributed by atoms with van der Waals surface area (Å²) in [5, 5.41) is 109. The van der Waals surface area contributed by atoms with Crippen LogP contribution in [0.15, 0.2) is 11.6 Å². The molecule has 5 heterocycles. The highest BCUT2D eigenvalue weighted by Crippen LogP contribution is 2.72. The van der Waals surface area contributed by atoms with Crippen molar-refractivity contribution in [1.29, 1.82) is 0 Å². The largest absolute Gasteiger partial charge is 0.394 e. The van der Waals surface area contributed by atoms with Crippen molar-refractivity contribution in [3.8, 4) is 0 Å². The number of aliphatic hydroxyl groups is 10. The predicted molar refractivity (Wildman–Crippen MR) is 216 cm³/mol. The molecule has 0 amide bonds. The number of fused-ring (bicyclic) bond motifs is 7. The van der Waals surface area contributed by atoms with Gasteiger partial charge in [-0.25, -0.2) is 0 Å². The molecule has 26 atom stereocenters. The number of hydrogen-bond acceptors (Lipinski definition) is 18. The third-order valence-corrected chi connectivity index (χ3v) is 17.9. The summed E-state index contributed by atoms with van der Waals surface area (Å²) in [5.41, 5.74) is -1.10. The van der Waals surface area contributed by atoms with Gasteiger partial charge in [0.05, 0.1) is 43.2 Å². The number of allylic oxidation sites excluding steroid dienone is 1. The summed E-state index contributed by atoms with van der Waals surface area (Å²) in [4.78, 5) is 0. The minimum absolute atomic E-state index is 0.0910. The summed E-state index contributed by atoms with van der Waals surface area (Å²) in [5.74, 6) is -0.102. The topological polar surface area (TPSA) is 276 Å². The lowest BCUT2D eigenvalue weighted by molar-refractivity contribution is -0.376. The van der Waals surface area contributed by atoms with E-state index in [4.69, 9.17) is 37.9 Å². The van der Waals surface area contributed by atoms with E-state index in [1.54, 1.807) is 6.92 Å². The van der Waals surface area contributed by atoms with Crippen molar-refractivity contribution in [3.63, 3.8) is 0 Å². The molecule has 5 aliphatic heterocycles. The molecule has 26 unspecified atom stereocenters. The van der Waals surface area contributed by atoms with E-state index in [0.717, 1.165) is 32.1 Å². The van der Waals surface area contributed by atoms with E-state index in [1.165, 1.54) is 19.4 Å². The Morgan fingerprint density at radius 2 is 1.32 bits per heavy atom. The maximum atomic E-state index is 12.7. The first kappa shape index (κ1) is 47.1. The second-order valence-electron chi connectivity index (χ2n) is 21.5. The van der Waals surface area contributed by atoms with Gasteiger partial charge in [-0.1, -0.05) is 32.4 Å². The van der Waals surface area contributed by atoms with Gasteiger partial charge >= 0.3 is 0 Å². The van der Waals surface area contributed by atoms with E-state index in [0.29, 0.717) is 37.5 Å². The van der Waals surface area contributed by atoms with Crippen LogP contribution in [-0.4, -0.2) is 186 Å². The predicted octanol–water partition coefficient (Wildman–Crippen LogP) is -0.528. The van der Waals surface area contributed by atoms with Crippen molar-refractivity contribution < 1.29 is 89.0 Å². The summed E-state index contributed by atoms with van der Waals surface area (Å²) in [6, 6.07) is 0. The Kier molecular flexibility index (Phi) is 12.4. The van der Waals surface area contributed by atoms with Gasteiger partial charge in [-0.05, 0) is 95.3 Å². The van der Waals surface area contributed by atoms with Crippen LogP contribution in [0.4, 0.5) is 0 Å². The molecule has 4 aliphatic carbocycles. The SMILES string of the molecule is CC1OC(OC2C(C)OC(OC3C(CO)OC(OC4CCC5(C)C(=CCC6C5CCC5(C)C6CC6OC7(CCC(C)(O)CO7)C(C)C65O)C4)C(O)C3O)C(O)C2O)C(O)C(O)C1O. The fraction of sp³-hybridized carbons (Fsp3) is 0.956. The molecular weight excluding hydrogens is 828 g/mol. The minimum atomic E-state index is -1.77. The van der Waals surface area contributed by atoms with Crippen molar-refractivity contribution in [2.45, 2.75) is 221 Å². The van der Waals surface area contributed by atoms with Gasteiger partial charge in [0.1, 0.15) is 66.6 Å². The van der Waals surface area contributed by atoms with Gasteiger partial charge < -0.3 is 89.0 Å². The van der Waals surface area contributed by atoms with Gasteiger partial charge in [-0.3, -0.25) is 0 Å². The quantitative estimate of drug-likeness (QED) is 0.144. The number of aliphatic hydroxyl groups excluding tert-OH is 8. The third kappa shape index (κ3) is 7.35. The zero-order chi connectivity index (χ0) is 45.3. The number of rotatable bonds is 7. The van der Waals surface area contributed by atoms with Crippen LogP contribution in [-0.2, 0) is 37.9 Å². The van der Waals surface area contributed by atoms with Crippen molar-refractivity contribution in [3.05, 3.63) is 11.6 Å². The third-order valence-electron chi connectivity index (χ3n) is 17.9. The first-order valence-electron chi connectivity index (χ1n) is 23.3. The lowest BCUT2D eigenvalue weighted by Crippen LogP contribution is -2.65. The molecular formula is C45H72O18. The highest BCUT2D eigenvalue weighted by Gasteiger charge is 2.76. The molecule has 360 valence electrons. The molecule has 18 nitrogen and oxygen atoms in total. The molecule has 0 aromatic heterocycles. The van der Waals surface area contributed by atoms with Crippen LogP contribution < -0.4 is 0 Å². The van der Waals surface area contributed by atoms with E-state index in [9.17, 15) is 51.1 Å². The van der Waals surface area contributed by atoms with Gasteiger partial charge in [-0.15, -0.1) is 0 Å². The molecule has 0 aromatic rings. The molecule has 9 rings (SSSR count). The lowest BCUT2D eigenvalue weighted by Gasteiger charge is -2.60. The molecule has 10 N–H and O–H groups in total. The Bertz CT molecular complexity index is 1690. The maximum absolute atomic E-state index is 12.7. The zero-order valence-electron chi connectivity index (χ0n) is 37.2. The lowest BCUT2D eigenvalue weighted by atomic mass is 9.46. The minimum Gasteiger partial charge on any atom is -0.394 e. The summed E-state index contributed by atoms with van der Waals surface area (Å²) in [6.07, 6.45) is -13.1. The normalized spacial score (nSPS) is 59.3. The van der Waals surface area contributed by atoms with Gasteiger partial charge in [0.15, 0.2) is 24.7 Å². The highest BCUT2D eigenvalue weighted by molar-refractivity contribution is 5.29. The van der Waals surface area contributed by atoms with Crippen molar-refractivity contribution in [1.82, 2.24) is 0 Å². The van der Waals surface area contributed by atoms with E-state index in [2.05, 4.69) is 26.8 Å². The Labute approximate surface area is 368 Å². The molecule has 8 fully saturated rings.